The monoisotopic (exact) mass is 211 g/mol. The minimum absolute atomic E-state index is 0.301. The van der Waals surface area contributed by atoms with Crippen LogP contribution in [0.3, 0.4) is 0 Å². The molecule has 4 heteroatoms. The summed E-state index contributed by atoms with van der Waals surface area (Å²) < 4.78 is 13.1. The molecule has 1 N–H and O–H groups in total. The Hall–Kier alpha value is -1.16. The van der Waals surface area contributed by atoms with Gasteiger partial charge in [-0.05, 0) is 33.0 Å². The second kappa shape index (κ2) is 5.66. The molecule has 0 saturated heterocycles. The number of pyridine rings is 1. The Morgan fingerprint density at radius 3 is 2.87 bits per heavy atom. The van der Waals surface area contributed by atoms with Gasteiger partial charge in [-0.15, -0.1) is 0 Å². The average molecular weight is 211 g/mol. The minimum Gasteiger partial charge on any atom is -0.366 e. The lowest BCUT2D eigenvalue weighted by Gasteiger charge is -2.21. The smallest absolute Gasteiger partial charge is 0.165 e. The van der Waals surface area contributed by atoms with Crippen molar-refractivity contribution in [2.45, 2.75) is 19.9 Å². The molecule has 1 aromatic heterocycles. The van der Waals surface area contributed by atoms with Gasteiger partial charge in [0.15, 0.2) is 11.6 Å². The van der Waals surface area contributed by atoms with Crippen LogP contribution >= 0.6 is 0 Å². The molecular formula is C11H18FN3. The fourth-order valence-corrected chi connectivity index (χ4v) is 1.12. The Morgan fingerprint density at radius 1 is 1.53 bits per heavy atom. The second-order valence-corrected chi connectivity index (χ2v) is 3.83. The van der Waals surface area contributed by atoms with Crippen LogP contribution in [0.5, 0.6) is 0 Å². The normalized spacial score (nSPS) is 11.1. The van der Waals surface area contributed by atoms with Gasteiger partial charge in [0.1, 0.15) is 0 Å². The van der Waals surface area contributed by atoms with Crippen molar-refractivity contribution in [1.29, 1.82) is 0 Å². The van der Waals surface area contributed by atoms with Crippen molar-refractivity contribution in [2.75, 3.05) is 25.5 Å². The van der Waals surface area contributed by atoms with E-state index in [0.717, 1.165) is 6.54 Å². The molecule has 0 fully saturated rings. The zero-order valence-corrected chi connectivity index (χ0v) is 9.50. The van der Waals surface area contributed by atoms with Gasteiger partial charge in [-0.25, -0.2) is 9.37 Å². The molecule has 0 spiro atoms. The molecule has 84 valence electrons. The van der Waals surface area contributed by atoms with Crippen LogP contribution in [-0.4, -0.2) is 36.1 Å². The maximum absolute atomic E-state index is 13.1. The van der Waals surface area contributed by atoms with Gasteiger partial charge in [-0.3, -0.25) is 0 Å². The lowest BCUT2D eigenvalue weighted by molar-refractivity contribution is 0.284. The number of halogens is 1. The van der Waals surface area contributed by atoms with Crippen LogP contribution in [0.25, 0.3) is 0 Å². The number of hydrogen-bond acceptors (Lipinski definition) is 3. The van der Waals surface area contributed by atoms with Crippen molar-refractivity contribution in [2.24, 2.45) is 0 Å². The molecule has 0 aliphatic heterocycles. The largest absolute Gasteiger partial charge is 0.366 e. The van der Waals surface area contributed by atoms with Crippen LogP contribution in [-0.2, 0) is 0 Å². The SMILES string of the molecule is CC(C)N(C)CCNc1ncccc1F. The summed E-state index contributed by atoms with van der Waals surface area (Å²) in [6.45, 7) is 5.82. The third-order valence-electron chi connectivity index (χ3n) is 2.40. The van der Waals surface area contributed by atoms with E-state index in [2.05, 4.69) is 29.0 Å². The molecule has 0 saturated carbocycles. The highest BCUT2D eigenvalue weighted by atomic mass is 19.1. The van der Waals surface area contributed by atoms with Gasteiger partial charge in [0, 0.05) is 25.3 Å². The minimum atomic E-state index is -0.301. The molecule has 1 rings (SSSR count). The number of nitrogens with one attached hydrogen (secondary N) is 1. The number of hydrogen-bond donors (Lipinski definition) is 1. The van der Waals surface area contributed by atoms with Gasteiger partial charge < -0.3 is 10.2 Å². The van der Waals surface area contributed by atoms with E-state index in [9.17, 15) is 4.39 Å². The molecule has 0 aliphatic rings. The van der Waals surface area contributed by atoms with Gasteiger partial charge in [0.2, 0.25) is 0 Å². The summed E-state index contributed by atoms with van der Waals surface area (Å²) in [5.74, 6) is 0.0272. The Balaban J connectivity index is 2.35. The van der Waals surface area contributed by atoms with E-state index in [0.29, 0.717) is 18.4 Å². The molecule has 0 radical (unpaired) electrons. The highest BCUT2D eigenvalue weighted by molar-refractivity contribution is 5.35. The Labute approximate surface area is 90.3 Å². The highest BCUT2D eigenvalue weighted by Crippen LogP contribution is 2.07. The molecule has 0 aromatic carbocycles. The quantitative estimate of drug-likeness (QED) is 0.807. The molecular weight excluding hydrogens is 193 g/mol. The van der Waals surface area contributed by atoms with Crippen molar-refractivity contribution in [3.8, 4) is 0 Å². The summed E-state index contributed by atoms with van der Waals surface area (Å²) in [6, 6.07) is 3.49. The standard InChI is InChI=1S/C11H18FN3/c1-9(2)15(3)8-7-14-11-10(12)5-4-6-13-11/h4-6,9H,7-8H2,1-3H3,(H,13,14). The van der Waals surface area contributed by atoms with Crippen molar-refractivity contribution in [3.05, 3.63) is 24.1 Å². The molecule has 0 aliphatic carbocycles. The van der Waals surface area contributed by atoms with Crippen molar-refractivity contribution >= 4 is 5.82 Å². The van der Waals surface area contributed by atoms with Gasteiger partial charge >= 0.3 is 0 Å². The van der Waals surface area contributed by atoms with E-state index in [1.54, 1.807) is 12.3 Å². The summed E-state index contributed by atoms with van der Waals surface area (Å²) in [7, 11) is 2.04. The average Bonchev–Trinajstić information content (AvgIpc) is 2.20. The van der Waals surface area contributed by atoms with Crippen LogP contribution in [0.4, 0.5) is 10.2 Å². The summed E-state index contributed by atoms with van der Waals surface area (Å²) >= 11 is 0. The van der Waals surface area contributed by atoms with E-state index in [1.165, 1.54) is 6.07 Å². The van der Waals surface area contributed by atoms with Crippen LogP contribution < -0.4 is 5.32 Å². The first-order valence-corrected chi connectivity index (χ1v) is 5.16. The molecule has 1 heterocycles. The molecule has 0 unspecified atom stereocenters. The number of aromatic nitrogens is 1. The topological polar surface area (TPSA) is 28.2 Å². The second-order valence-electron chi connectivity index (χ2n) is 3.83. The summed E-state index contributed by atoms with van der Waals surface area (Å²) in [5.41, 5.74) is 0. The fourth-order valence-electron chi connectivity index (χ4n) is 1.12. The van der Waals surface area contributed by atoms with E-state index >= 15 is 0 Å². The van der Waals surface area contributed by atoms with E-state index in [1.807, 2.05) is 7.05 Å². The van der Waals surface area contributed by atoms with Crippen LogP contribution in [0.2, 0.25) is 0 Å². The number of likely N-dealkylation sites (N-methyl/N-ethyl adjacent to an activating group) is 1. The van der Waals surface area contributed by atoms with Gasteiger partial charge in [0.05, 0.1) is 0 Å². The first kappa shape index (κ1) is 11.9. The maximum atomic E-state index is 13.1. The molecule has 0 bridgehead atoms. The van der Waals surface area contributed by atoms with Crippen LogP contribution in [0, 0.1) is 5.82 Å². The highest BCUT2D eigenvalue weighted by Gasteiger charge is 2.04. The first-order valence-electron chi connectivity index (χ1n) is 5.16. The third kappa shape index (κ3) is 3.83. The van der Waals surface area contributed by atoms with Crippen LogP contribution in [0.15, 0.2) is 18.3 Å². The van der Waals surface area contributed by atoms with E-state index in [-0.39, 0.29) is 5.82 Å². The number of anilines is 1. The van der Waals surface area contributed by atoms with Gasteiger partial charge in [-0.2, -0.15) is 0 Å². The Morgan fingerprint density at radius 2 is 2.27 bits per heavy atom. The molecule has 0 atom stereocenters. The zero-order chi connectivity index (χ0) is 11.3. The van der Waals surface area contributed by atoms with E-state index < -0.39 is 0 Å². The predicted molar refractivity (Wildman–Crippen MR) is 60.5 cm³/mol. The molecule has 0 amide bonds. The number of rotatable bonds is 5. The lowest BCUT2D eigenvalue weighted by Crippen LogP contribution is -2.31. The van der Waals surface area contributed by atoms with E-state index in [4.69, 9.17) is 0 Å². The zero-order valence-electron chi connectivity index (χ0n) is 9.50. The van der Waals surface area contributed by atoms with Crippen molar-refractivity contribution in [3.63, 3.8) is 0 Å². The Bertz CT molecular complexity index is 302. The summed E-state index contributed by atoms with van der Waals surface area (Å²) in [5, 5.41) is 2.97. The fraction of sp³-hybridized carbons (Fsp3) is 0.545. The summed E-state index contributed by atoms with van der Waals surface area (Å²) in [4.78, 5) is 6.10. The third-order valence-corrected chi connectivity index (χ3v) is 2.40. The summed E-state index contributed by atoms with van der Waals surface area (Å²) in [6.07, 6.45) is 1.58. The number of nitrogens with zero attached hydrogens (tertiary/aromatic N) is 2. The van der Waals surface area contributed by atoms with Crippen molar-refractivity contribution < 1.29 is 4.39 Å². The maximum Gasteiger partial charge on any atom is 0.165 e. The molecule has 15 heavy (non-hydrogen) atoms. The molecule has 3 nitrogen and oxygen atoms in total. The van der Waals surface area contributed by atoms with Crippen molar-refractivity contribution in [1.82, 2.24) is 9.88 Å². The van der Waals surface area contributed by atoms with Gasteiger partial charge in [0.25, 0.3) is 0 Å². The molecule has 1 aromatic rings. The van der Waals surface area contributed by atoms with Crippen LogP contribution in [0.1, 0.15) is 13.8 Å². The van der Waals surface area contributed by atoms with Gasteiger partial charge in [-0.1, -0.05) is 0 Å². The lowest BCUT2D eigenvalue weighted by atomic mass is 10.3. The Kier molecular flexibility index (Phi) is 4.49. The first-order chi connectivity index (χ1) is 7.11. The predicted octanol–water partition coefficient (Wildman–Crippen LogP) is 1.97.